The zero-order valence-corrected chi connectivity index (χ0v) is 85.1. The number of nitrogens with zero attached hydrogens (tertiary/aromatic N) is 26. The molecular formula is C116H104N26O6S. The van der Waals surface area contributed by atoms with E-state index >= 15 is 0 Å². The molecule has 0 saturated carbocycles. The average molecular weight is 1990 g/mol. The number of hydrogen-bond donors (Lipinski definition) is 0. The topological polar surface area (TPSA) is 376 Å². The van der Waals surface area contributed by atoms with Crippen LogP contribution >= 0.6 is 11.3 Å². The highest BCUT2D eigenvalue weighted by Gasteiger charge is 2.27. The number of pyridine rings is 11. The second kappa shape index (κ2) is 44.1. The maximum atomic E-state index is 13.0. The molecule has 19 aromatic heterocycles. The van der Waals surface area contributed by atoms with Gasteiger partial charge in [-0.05, 0) is 264 Å². The van der Waals surface area contributed by atoms with Crippen molar-refractivity contribution in [2.24, 2.45) is 32.0 Å². The van der Waals surface area contributed by atoms with Crippen molar-refractivity contribution in [1.82, 2.24) is 101 Å². The van der Waals surface area contributed by atoms with Crippen molar-refractivity contribution >= 4 is 136 Å². The number of carbonyl (C=O) groups is 6. The van der Waals surface area contributed by atoms with Crippen LogP contribution in [0.4, 0.5) is 0 Å². The molecule has 19 aromatic rings. The molecular weight excluding hydrogens is 1890 g/mol. The zero-order valence-electron chi connectivity index (χ0n) is 84.3. The first kappa shape index (κ1) is 99.5. The molecule has 24 heterocycles. The van der Waals surface area contributed by atoms with E-state index < -0.39 is 0 Å². The van der Waals surface area contributed by atoms with Crippen molar-refractivity contribution in [3.8, 4) is 11.3 Å². The smallest absolute Gasteiger partial charge is 0.173 e. The molecule has 0 radical (unpaired) electrons. The van der Waals surface area contributed by atoms with E-state index in [-0.39, 0.29) is 66.8 Å². The molecule has 0 aromatic carbocycles. The first-order chi connectivity index (χ1) is 72.1. The average Bonchev–Trinajstić information content (AvgIpc) is 1.69. The second-order valence-corrected chi connectivity index (χ2v) is 38.1. The summed E-state index contributed by atoms with van der Waals surface area (Å²) in [5.74, 6) is 0.0744. The Labute approximate surface area is 861 Å². The number of ketones is 6. The molecule has 5 aliphatic rings. The molecule has 0 amide bonds. The molecule has 149 heavy (non-hydrogen) atoms. The number of aromatic nitrogens is 21. The number of hydrogen-bond acceptors (Lipinski definition) is 26. The quantitative estimate of drug-likeness (QED) is 0.0507. The normalized spacial score (nSPS) is 13.4. The number of aryl methyl sites for hydroxylation is 7. The highest BCUT2D eigenvalue weighted by Crippen LogP contribution is 2.33. The fourth-order valence-corrected chi connectivity index (χ4v) is 18.7. The van der Waals surface area contributed by atoms with Gasteiger partial charge in [0.05, 0.1) is 116 Å². The number of fused-ring (bicyclic) bond motifs is 6. The molecule has 0 saturated heterocycles. The van der Waals surface area contributed by atoms with Gasteiger partial charge >= 0.3 is 0 Å². The fraction of sp³-hybridized carbons (Fsp3) is 0.198. The van der Waals surface area contributed by atoms with Crippen LogP contribution in [0.25, 0.3) is 73.0 Å². The molecule has 32 nitrogen and oxygen atoms in total. The van der Waals surface area contributed by atoms with Gasteiger partial charge in [0.15, 0.2) is 40.3 Å². The van der Waals surface area contributed by atoms with Crippen LogP contribution in [0.2, 0.25) is 0 Å². The standard InChI is InChI=1S/3C20H18N4O.C19H18N6O.C19H16N4O.C18H16N4OS/c3*1-13-3-4-17(23-10-13)9-19(25)18-8-16(15-7-14(2)22-11-15)12-24-6-5-21-20(18)24;1-12-5-4-6-15(22-12)9-18(26)16-8-14(10-25-19(16)20-11-21-25)17-7-13(2)23-24(17)3;1-13-8-14(11-22-13)15-9-17(19-21-6-7-23(19)12-15)18(24)10-16-4-2-3-5-20-16;1-11-5-13(8-20-11)14-6-15(18-19-3-4-22(18)9-14)16(23)7-17-21-12(2)10-24-17/h3*3-8,10,12H,9,11H2,1-2H3;4-8,10-11H,9H2,1-3H3;2-9,12H,10-11H2,1H3;3-6,9-10H,7-8H2,1-2H3. The van der Waals surface area contributed by atoms with E-state index in [1.807, 2.05) is 294 Å². The van der Waals surface area contributed by atoms with E-state index in [0.717, 1.165) is 163 Å². The number of rotatable bonds is 24. The minimum atomic E-state index is -0.0400. The highest BCUT2D eigenvalue weighted by molar-refractivity contribution is 7.09. The molecule has 0 atom stereocenters. The van der Waals surface area contributed by atoms with Crippen LogP contribution < -0.4 is 0 Å². The third kappa shape index (κ3) is 23.6. The Morgan fingerprint density at radius 2 is 0.638 bits per heavy atom. The number of thiazole rings is 1. The Morgan fingerprint density at radius 3 is 0.940 bits per heavy atom. The summed E-state index contributed by atoms with van der Waals surface area (Å²) in [7, 11) is 1.88. The van der Waals surface area contributed by atoms with Gasteiger partial charge in [0.25, 0.3) is 0 Å². The van der Waals surface area contributed by atoms with Gasteiger partial charge < -0.3 is 22.0 Å². The van der Waals surface area contributed by atoms with Crippen LogP contribution in [0.1, 0.15) is 192 Å². The summed E-state index contributed by atoms with van der Waals surface area (Å²) >= 11 is 1.52. The van der Waals surface area contributed by atoms with E-state index in [0.29, 0.717) is 106 Å². The lowest BCUT2D eigenvalue weighted by molar-refractivity contribution is 0.0984. The summed E-state index contributed by atoms with van der Waals surface area (Å²) in [6.45, 7) is 24.9. The number of imidazole rings is 5. The third-order valence-corrected chi connectivity index (χ3v) is 26.4. The first-order valence-corrected chi connectivity index (χ1v) is 49.4. The summed E-state index contributed by atoms with van der Waals surface area (Å²) in [5, 5.41) is 11.4. The summed E-state index contributed by atoms with van der Waals surface area (Å²) in [4.78, 5) is 151. The first-order valence-electron chi connectivity index (χ1n) is 48.6. The molecule has 740 valence electrons. The summed E-state index contributed by atoms with van der Waals surface area (Å²) in [6, 6.07) is 36.4. The number of aliphatic imine (C=N–C) groups is 5. The monoisotopic (exact) mass is 1990 g/mol. The van der Waals surface area contributed by atoms with E-state index in [1.165, 1.54) is 17.7 Å². The summed E-state index contributed by atoms with van der Waals surface area (Å²) in [6.07, 6.45) is 50.2. The largest absolute Gasteiger partial charge is 0.306 e. The van der Waals surface area contributed by atoms with E-state index in [4.69, 9.17) is 0 Å². The number of allylic oxidation sites excluding steroid dienone is 5. The van der Waals surface area contributed by atoms with Crippen molar-refractivity contribution in [2.75, 3.05) is 32.7 Å². The van der Waals surface area contributed by atoms with Gasteiger partial charge in [-0.2, -0.15) is 10.2 Å². The van der Waals surface area contributed by atoms with Gasteiger partial charge in [-0.1, -0.05) is 30.3 Å². The Bertz CT molecular complexity index is 8420. The van der Waals surface area contributed by atoms with Gasteiger partial charge in [0, 0.05) is 210 Å². The van der Waals surface area contributed by atoms with Crippen molar-refractivity contribution in [2.45, 2.75) is 115 Å². The van der Waals surface area contributed by atoms with Gasteiger partial charge in [0.2, 0.25) is 0 Å². The van der Waals surface area contributed by atoms with Crippen molar-refractivity contribution in [3.05, 3.63) is 410 Å². The molecule has 24 rings (SSSR count). The lowest BCUT2D eigenvalue weighted by Gasteiger charge is -2.08. The Morgan fingerprint density at radius 1 is 0.302 bits per heavy atom. The molecule has 0 spiro atoms. The fourth-order valence-electron chi connectivity index (χ4n) is 17.9. The van der Waals surface area contributed by atoms with Gasteiger partial charge in [0.1, 0.15) is 39.6 Å². The van der Waals surface area contributed by atoms with Crippen LogP contribution in [0, 0.1) is 41.5 Å². The third-order valence-electron chi connectivity index (χ3n) is 25.5. The van der Waals surface area contributed by atoms with Crippen molar-refractivity contribution < 1.29 is 28.8 Å². The van der Waals surface area contributed by atoms with Crippen LogP contribution in [-0.2, 0) is 45.6 Å². The van der Waals surface area contributed by atoms with Crippen molar-refractivity contribution in [3.63, 3.8) is 0 Å². The van der Waals surface area contributed by atoms with Crippen LogP contribution in [-0.4, -0.2) is 197 Å². The predicted molar refractivity (Wildman–Crippen MR) is 581 cm³/mol. The summed E-state index contributed by atoms with van der Waals surface area (Å²) in [5.41, 5.74) is 34.9. The van der Waals surface area contributed by atoms with Crippen molar-refractivity contribution in [1.29, 1.82) is 0 Å². The molecule has 33 heteroatoms. The van der Waals surface area contributed by atoms with E-state index in [1.54, 1.807) is 65.0 Å². The molecule has 5 aliphatic heterocycles. The number of Topliss-reactive ketones (excluding diaryl/α,β-unsaturated/α-hetero) is 6. The van der Waals surface area contributed by atoms with E-state index in [2.05, 4.69) is 125 Å². The second-order valence-electron chi connectivity index (χ2n) is 37.2. The van der Waals surface area contributed by atoms with Gasteiger partial charge in [-0.3, -0.25) is 83.3 Å². The molecule has 0 N–H and O–H groups in total. The maximum absolute atomic E-state index is 13.0. The van der Waals surface area contributed by atoms with E-state index in [9.17, 15) is 28.8 Å². The minimum absolute atomic E-state index is 0.0167. The van der Waals surface area contributed by atoms with Gasteiger partial charge in [-0.25, -0.2) is 39.4 Å². The highest BCUT2D eigenvalue weighted by atomic mass is 32.1. The van der Waals surface area contributed by atoms with Crippen LogP contribution in [0.3, 0.4) is 0 Å². The maximum Gasteiger partial charge on any atom is 0.173 e. The number of carbonyl (C=O) groups excluding carboxylic acids is 6. The van der Waals surface area contributed by atoms with Crippen LogP contribution in [0.15, 0.2) is 306 Å². The molecule has 0 fully saturated rings. The lowest BCUT2D eigenvalue weighted by atomic mass is 10.0. The summed E-state index contributed by atoms with van der Waals surface area (Å²) < 4.78 is 12.9. The molecule has 0 unspecified atom stereocenters. The SMILES string of the molecule is CC1=NCC(c2cc(C(=O)Cc3ccc(C)cn3)c3nccn3c2)=C1.CC1=NCC(c2cc(C(=O)Cc3ccc(C)cn3)c3nccn3c2)=C1.CC1=NCC(c2cc(C(=O)Cc3ccc(C)cn3)c3nccn3c2)=C1.CC1=NCC(c2cc(C(=O)Cc3ccccn3)c3nccn3c2)=C1.CC1=NCC(c2cc(C(=O)Cc3nc(C)cs3)c3nccn3c2)=C1.Cc1cccc(CC(=O)c2cc(-c3cc(C)nn3C)cn3ncnc23)n1. The Kier molecular flexibility index (Phi) is 29.5. The lowest BCUT2D eigenvalue weighted by Crippen LogP contribution is -2.09. The minimum Gasteiger partial charge on any atom is -0.306 e. The molecule has 0 bridgehead atoms. The zero-order chi connectivity index (χ0) is 104. The molecule has 0 aliphatic carbocycles. The predicted octanol–water partition coefficient (Wildman–Crippen LogP) is 18.9. The van der Waals surface area contributed by atoms with Crippen LogP contribution in [0.5, 0.6) is 0 Å². The van der Waals surface area contributed by atoms with Gasteiger partial charge in [-0.15, -0.1) is 11.3 Å². The Hall–Kier alpha value is -18.3. The Balaban J connectivity index is 0.000000112.